The third-order valence-corrected chi connectivity index (χ3v) is 5.57. The first-order valence-corrected chi connectivity index (χ1v) is 10.1. The van der Waals surface area contributed by atoms with E-state index in [0.29, 0.717) is 37.8 Å². The van der Waals surface area contributed by atoms with Crippen LogP contribution in [-0.2, 0) is 11.3 Å². The average Bonchev–Trinajstić information content (AvgIpc) is 3.13. The lowest BCUT2D eigenvalue weighted by atomic mass is 9.96. The summed E-state index contributed by atoms with van der Waals surface area (Å²) in [4.78, 5) is 19.4. The van der Waals surface area contributed by atoms with Gasteiger partial charge >= 0.3 is 0 Å². The van der Waals surface area contributed by atoms with Crippen molar-refractivity contribution >= 4 is 16.9 Å². The first kappa shape index (κ1) is 18.7. The smallest absolute Gasteiger partial charge is 0.257 e. The molecular formula is C23H27N3O2. The molecule has 3 heterocycles. The molecule has 4 rings (SSSR count). The van der Waals surface area contributed by atoms with E-state index in [9.17, 15) is 4.79 Å². The number of nitrogens with zero attached hydrogens (tertiary/aromatic N) is 3. The van der Waals surface area contributed by atoms with Crippen LogP contribution in [-0.4, -0.2) is 46.7 Å². The minimum Gasteiger partial charge on any atom is -0.378 e. The van der Waals surface area contributed by atoms with Gasteiger partial charge in [-0.1, -0.05) is 37.3 Å². The minimum absolute atomic E-state index is 0.0587. The van der Waals surface area contributed by atoms with Crippen LogP contribution >= 0.6 is 0 Å². The van der Waals surface area contributed by atoms with Crippen LogP contribution in [0.5, 0.6) is 0 Å². The van der Waals surface area contributed by atoms with Crippen LogP contribution in [0.1, 0.15) is 41.6 Å². The van der Waals surface area contributed by atoms with Crippen LogP contribution < -0.4 is 0 Å². The Morgan fingerprint density at radius 1 is 1.14 bits per heavy atom. The zero-order valence-electron chi connectivity index (χ0n) is 16.4. The maximum Gasteiger partial charge on any atom is 0.257 e. The van der Waals surface area contributed by atoms with Crippen molar-refractivity contribution in [3.63, 3.8) is 0 Å². The number of carbonyl (C=O) groups is 1. The van der Waals surface area contributed by atoms with E-state index in [1.807, 2.05) is 17.2 Å². The van der Waals surface area contributed by atoms with E-state index in [4.69, 9.17) is 4.74 Å². The number of ether oxygens (including phenoxy) is 1. The molecule has 1 atom stereocenters. The van der Waals surface area contributed by atoms with Gasteiger partial charge in [-0.05, 0) is 36.5 Å². The van der Waals surface area contributed by atoms with Gasteiger partial charge in [0.2, 0.25) is 0 Å². The third kappa shape index (κ3) is 3.94. The summed E-state index contributed by atoms with van der Waals surface area (Å²) in [6, 6.07) is 14.6. The molecule has 146 valence electrons. The fraction of sp³-hybridized carbons (Fsp3) is 0.391. The van der Waals surface area contributed by atoms with E-state index >= 15 is 0 Å². The Morgan fingerprint density at radius 3 is 2.71 bits per heavy atom. The zero-order chi connectivity index (χ0) is 19.3. The van der Waals surface area contributed by atoms with Gasteiger partial charge in [-0.25, -0.2) is 0 Å². The molecule has 1 fully saturated rings. The SMILES string of the molecule is CC(CCCn1cc(C(=O)N2CCOCC2)c2ncccc21)c1ccccc1. The average molecular weight is 377 g/mol. The molecule has 0 aliphatic carbocycles. The van der Waals surface area contributed by atoms with Gasteiger partial charge in [0.25, 0.3) is 5.91 Å². The molecule has 5 nitrogen and oxygen atoms in total. The number of carbonyl (C=O) groups excluding carboxylic acids is 1. The summed E-state index contributed by atoms with van der Waals surface area (Å²) < 4.78 is 7.56. The number of pyridine rings is 1. The number of fused-ring (bicyclic) bond motifs is 1. The molecule has 3 aromatic rings. The van der Waals surface area contributed by atoms with E-state index in [-0.39, 0.29) is 5.91 Å². The van der Waals surface area contributed by atoms with Crippen molar-refractivity contribution in [2.75, 3.05) is 26.3 Å². The second-order valence-corrected chi connectivity index (χ2v) is 7.47. The van der Waals surface area contributed by atoms with Gasteiger partial charge in [0.15, 0.2) is 0 Å². The van der Waals surface area contributed by atoms with E-state index in [1.165, 1.54) is 5.56 Å². The van der Waals surface area contributed by atoms with Crippen molar-refractivity contribution in [3.8, 4) is 0 Å². The normalized spacial score (nSPS) is 15.7. The molecule has 1 amide bonds. The van der Waals surface area contributed by atoms with E-state index in [0.717, 1.165) is 30.4 Å². The molecule has 1 unspecified atom stereocenters. The Balaban J connectivity index is 1.49. The summed E-state index contributed by atoms with van der Waals surface area (Å²) >= 11 is 0. The minimum atomic E-state index is 0.0587. The lowest BCUT2D eigenvalue weighted by Gasteiger charge is -2.26. The number of rotatable bonds is 6. The number of benzene rings is 1. The predicted molar refractivity (Wildman–Crippen MR) is 111 cm³/mol. The quantitative estimate of drug-likeness (QED) is 0.650. The Kier molecular flexibility index (Phi) is 5.72. The van der Waals surface area contributed by atoms with Gasteiger partial charge in [0.1, 0.15) is 5.52 Å². The number of aryl methyl sites for hydroxylation is 1. The van der Waals surface area contributed by atoms with Gasteiger partial charge in [-0.3, -0.25) is 9.78 Å². The fourth-order valence-electron chi connectivity index (χ4n) is 3.92. The first-order valence-electron chi connectivity index (χ1n) is 10.1. The maximum absolute atomic E-state index is 13.0. The van der Waals surface area contributed by atoms with E-state index in [1.54, 1.807) is 6.20 Å². The van der Waals surface area contributed by atoms with Gasteiger partial charge in [0, 0.05) is 32.0 Å². The molecule has 1 aromatic carbocycles. The molecule has 0 radical (unpaired) electrons. The molecule has 1 aliphatic rings. The van der Waals surface area contributed by atoms with Crippen LogP contribution in [0.3, 0.4) is 0 Å². The van der Waals surface area contributed by atoms with Gasteiger partial charge in [-0.2, -0.15) is 0 Å². The highest BCUT2D eigenvalue weighted by molar-refractivity contribution is 6.05. The highest BCUT2D eigenvalue weighted by Crippen LogP contribution is 2.24. The number of morpholine rings is 1. The second kappa shape index (κ2) is 8.57. The summed E-state index contributed by atoms with van der Waals surface area (Å²) in [5.74, 6) is 0.582. The van der Waals surface area contributed by atoms with Crippen LogP contribution in [0, 0.1) is 0 Å². The van der Waals surface area contributed by atoms with Gasteiger partial charge < -0.3 is 14.2 Å². The highest BCUT2D eigenvalue weighted by Gasteiger charge is 2.23. The summed E-state index contributed by atoms with van der Waals surface area (Å²) in [5.41, 5.74) is 3.92. The highest BCUT2D eigenvalue weighted by atomic mass is 16.5. The Labute approximate surface area is 165 Å². The summed E-state index contributed by atoms with van der Waals surface area (Å²) in [6.07, 6.45) is 5.92. The fourth-order valence-corrected chi connectivity index (χ4v) is 3.92. The zero-order valence-corrected chi connectivity index (χ0v) is 16.4. The van der Waals surface area contributed by atoms with Crippen LogP contribution in [0.15, 0.2) is 54.9 Å². The summed E-state index contributed by atoms with van der Waals surface area (Å²) in [5, 5.41) is 0. The lowest BCUT2D eigenvalue weighted by Crippen LogP contribution is -2.40. The molecular weight excluding hydrogens is 350 g/mol. The van der Waals surface area contributed by atoms with Crippen molar-refractivity contribution in [2.24, 2.45) is 0 Å². The van der Waals surface area contributed by atoms with Crippen molar-refractivity contribution < 1.29 is 9.53 Å². The second-order valence-electron chi connectivity index (χ2n) is 7.47. The molecule has 28 heavy (non-hydrogen) atoms. The monoisotopic (exact) mass is 377 g/mol. The maximum atomic E-state index is 13.0. The van der Waals surface area contributed by atoms with Gasteiger partial charge in [-0.15, -0.1) is 0 Å². The van der Waals surface area contributed by atoms with E-state index < -0.39 is 0 Å². The van der Waals surface area contributed by atoms with Crippen LogP contribution in [0.25, 0.3) is 11.0 Å². The number of hydrogen-bond donors (Lipinski definition) is 0. The third-order valence-electron chi connectivity index (χ3n) is 5.57. The Hall–Kier alpha value is -2.66. The molecule has 1 aliphatic heterocycles. The molecule has 0 saturated carbocycles. The van der Waals surface area contributed by atoms with Crippen LogP contribution in [0.4, 0.5) is 0 Å². The van der Waals surface area contributed by atoms with Crippen molar-refractivity contribution in [1.82, 2.24) is 14.5 Å². The molecule has 1 saturated heterocycles. The summed E-state index contributed by atoms with van der Waals surface area (Å²) in [6.45, 7) is 5.66. The van der Waals surface area contributed by atoms with Crippen molar-refractivity contribution in [3.05, 3.63) is 66.0 Å². The Morgan fingerprint density at radius 2 is 1.93 bits per heavy atom. The predicted octanol–water partition coefficient (Wildman–Crippen LogP) is 4.09. The van der Waals surface area contributed by atoms with Crippen molar-refractivity contribution in [1.29, 1.82) is 0 Å². The summed E-state index contributed by atoms with van der Waals surface area (Å²) in [7, 11) is 0. The first-order chi connectivity index (χ1) is 13.7. The van der Waals surface area contributed by atoms with Gasteiger partial charge in [0.05, 0.1) is 24.3 Å². The molecule has 2 aromatic heterocycles. The Bertz CT molecular complexity index is 929. The molecule has 0 bridgehead atoms. The van der Waals surface area contributed by atoms with E-state index in [2.05, 4.69) is 52.9 Å². The number of amides is 1. The lowest BCUT2D eigenvalue weighted by molar-refractivity contribution is 0.0304. The topological polar surface area (TPSA) is 47.4 Å². The molecule has 5 heteroatoms. The largest absolute Gasteiger partial charge is 0.378 e. The molecule has 0 N–H and O–H groups in total. The van der Waals surface area contributed by atoms with Crippen molar-refractivity contribution in [2.45, 2.75) is 32.2 Å². The number of aromatic nitrogens is 2. The van der Waals surface area contributed by atoms with Crippen LogP contribution in [0.2, 0.25) is 0 Å². The number of hydrogen-bond acceptors (Lipinski definition) is 3. The standard InChI is InChI=1S/C23H27N3O2/c1-18(19-8-3-2-4-9-19)7-6-12-26-17-20(22-21(26)10-5-11-24-22)23(27)25-13-15-28-16-14-25/h2-5,8-11,17-18H,6-7,12-16H2,1H3. The molecule has 0 spiro atoms.